The number of nitrogens with zero attached hydrogens (tertiary/aromatic N) is 3. The molecule has 0 aliphatic carbocycles. The number of aliphatic hydroxyl groups is 1. The van der Waals surface area contributed by atoms with E-state index < -0.39 is 5.41 Å². The van der Waals surface area contributed by atoms with Crippen LogP contribution in [-0.2, 0) is 36.0 Å². The van der Waals surface area contributed by atoms with E-state index in [-0.39, 0.29) is 55.4 Å². The molecule has 0 radical (unpaired) electrons. The van der Waals surface area contributed by atoms with Crippen molar-refractivity contribution in [1.82, 2.24) is 25.6 Å². The fourth-order valence-electron chi connectivity index (χ4n) is 2.93. The second kappa shape index (κ2) is 14.9. The van der Waals surface area contributed by atoms with Crippen molar-refractivity contribution >= 4 is 17.6 Å². The van der Waals surface area contributed by atoms with Crippen LogP contribution in [0.5, 0.6) is 0 Å². The number of carbonyl (C=O) groups excluding carboxylic acids is 3. The maximum absolute atomic E-state index is 12.0. The Hall–Kier alpha value is -2.37. The molecule has 0 spiro atoms. The number of Topliss-reactive ketones (excluding diaryl/α,β-unsaturated/α-hetero) is 1. The molecule has 1 atom stereocenters. The molecule has 11 nitrogen and oxygen atoms in total. The molecular formula is C24H43N5O6. The number of hydrogen-bond donors (Lipinski definition) is 3. The molecule has 0 fully saturated rings. The fraction of sp³-hybridized carbons (Fsp3) is 0.792. The minimum absolute atomic E-state index is 0.0637. The van der Waals surface area contributed by atoms with Crippen LogP contribution in [0.2, 0.25) is 0 Å². The number of amides is 2. The van der Waals surface area contributed by atoms with Gasteiger partial charge in [-0.25, -0.2) is 4.68 Å². The van der Waals surface area contributed by atoms with Crippen molar-refractivity contribution in [3.63, 3.8) is 0 Å². The third kappa shape index (κ3) is 12.2. The third-order valence-corrected chi connectivity index (χ3v) is 6.01. The van der Waals surface area contributed by atoms with E-state index in [2.05, 4.69) is 20.9 Å². The molecule has 1 aromatic rings. The van der Waals surface area contributed by atoms with E-state index in [9.17, 15) is 14.4 Å². The number of ketones is 1. The lowest BCUT2D eigenvalue weighted by Gasteiger charge is -2.23. The summed E-state index contributed by atoms with van der Waals surface area (Å²) in [5, 5.41) is 22.6. The molecule has 0 saturated heterocycles. The molecule has 1 rings (SSSR count). The summed E-state index contributed by atoms with van der Waals surface area (Å²) < 4.78 is 12.9. The Morgan fingerprint density at radius 1 is 1.11 bits per heavy atom. The van der Waals surface area contributed by atoms with Crippen LogP contribution in [0.4, 0.5) is 0 Å². The minimum atomic E-state index is -0.409. The smallest absolute Gasteiger partial charge is 0.239 e. The first-order valence-electron chi connectivity index (χ1n) is 12.1. The molecule has 35 heavy (non-hydrogen) atoms. The summed E-state index contributed by atoms with van der Waals surface area (Å²) in [6.45, 7) is 12.4. The average molecular weight is 498 g/mol. The zero-order valence-corrected chi connectivity index (χ0v) is 22.1. The van der Waals surface area contributed by atoms with Crippen LogP contribution in [0.15, 0.2) is 6.20 Å². The van der Waals surface area contributed by atoms with Crippen molar-refractivity contribution in [2.24, 2.45) is 5.41 Å². The number of hydrogen-bond acceptors (Lipinski definition) is 8. The molecule has 2 amide bonds. The number of carbonyl (C=O) groups is 3. The minimum Gasteiger partial charge on any atom is -0.396 e. The summed E-state index contributed by atoms with van der Waals surface area (Å²) in [6, 6.07) is 0. The molecule has 1 aromatic heterocycles. The van der Waals surface area contributed by atoms with Gasteiger partial charge in [0.25, 0.3) is 0 Å². The first-order chi connectivity index (χ1) is 16.4. The van der Waals surface area contributed by atoms with Crippen LogP contribution >= 0.6 is 0 Å². The summed E-state index contributed by atoms with van der Waals surface area (Å²) in [6.07, 6.45) is 3.64. The van der Waals surface area contributed by atoms with Gasteiger partial charge in [-0.2, -0.15) is 0 Å². The Bertz CT molecular complexity index is 808. The van der Waals surface area contributed by atoms with Gasteiger partial charge in [-0.3, -0.25) is 14.4 Å². The van der Waals surface area contributed by atoms with Gasteiger partial charge in [-0.05, 0) is 47.0 Å². The number of nitrogens with one attached hydrogen (secondary N) is 2. The molecule has 0 bridgehead atoms. The Morgan fingerprint density at radius 2 is 1.83 bits per heavy atom. The summed E-state index contributed by atoms with van der Waals surface area (Å²) in [4.78, 5) is 35.4. The lowest BCUT2D eigenvalue weighted by molar-refractivity contribution is -0.127. The Kier molecular flexibility index (Phi) is 13.1. The maximum Gasteiger partial charge on any atom is 0.239 e. The van der Waals surface area contributed by atoms with Gasteiger partial charge in [0, 0.05) is 31.6 Å². The van der Waals surface area contributed by atoms with E-state index in [1.165, 1.54) is 0 Å². The van der Waals surface area contributed by atoms with Crippen LogP contribution in [0, 0.1) is 5.41 Å². The Morgan fingerprint density at radius 3 is 2.49 bits per heavy atom. The SMILES string of the molecule is CC(=O)C(C)(C)CCOC(C)CCC(=O)NCC(=O)NCCOCc1cn(C(C)(C)CCO)nn1. The topological polar surface area (TPSA) is 145 Å². The highest BCUT2D eigenvalue weighted by Crippen LogP contribution is 2.21. The number of rotatable bonds is 18. The Labute approximate surface area is 208 Å². The molecule has 1 heterocycles. The fourth-order valence-corrected chi connectivity index (χ4v) is 2.93. The van der Waals surface area contributed by atoms with Gasteiger partial charge in [0.05, 0.1) is 37.6 Å². The van der Waals surface area contributed by atoms with Crippen LogP contribution in [0.1, 0.15) is 72.9 Å². The number of aromatic nitrogens is 3. The predicted molar refractivity (Wildman–Crippen MR) is 130 cm³/mol. The van der Waals surface area contributed by atoms with Crippen LogP contribution in [0.25, 0.3) is 0 Å². The van der Waals surface area contributed by atoms with Crippen LogP contribution in [-0.4, -0.2) is 76.7 Å². The molecule has 200 valence electrons. The van der Waals surface area contributed by atoms with Gasteiger partial charge < -0.3 is 25.2 Å². The summed E-state index contributed by atoms with van der Waals surface area (Å²) in [5.74, 6) is -0.390. The van der Waals surface area contributed by atoms with Gasteiger partial charge in [-0.15, -0.1) is 5.10 Å². The molecular weight excluding hydrogens is 454 g/mol. The highest BCUT2D eigenvalue weighted by atomic mass is 16.5. The molecule has 3 N–H and O–H groups in total. The van der Waals surface area contributed by atoms with Gasteiger partial charge in [0.1, 0.15) is 11.5 Å². The number of aliphatic hydroxyl groups excluding tert-OH is 1. The second-order valence-electron chi connectivity index (χ2n) is 10.0. The van der Waals surface area contributed by atoms with Crippen molar-refractivity contribution in [3.05, 3.63) is 11.9 Å². The van der Waals surface area contributed by atoms with Gasteiger partial charge in [0.2, 0.25) is 11.8 Å². The highest BCUT2D eigenvalue weighted by molar-refractivity contribution is 5.84. The van der Waals surface area contributed by atoms with E-state index in [0.717, 1.165) is 0 Å². The molecule has 0 saturated carbocycles. The van der Waals surface area contributed by atoms with E-state index >= 15 is 0 Å². The lowest BCUT2D eigenvalue weighted by atomic mass is 9.86. The van der Waals surface area contributed by atoms with Crippen molar-refractivity contribution in [1.29, 1.82) is 0 Å². The van der Waals surface area contributed by atoms with E-state index in [1.807, 2.05) is 34.6 Å². The molecule has 1 unspecified atom stereocenters. The first kappa shape index (κ1) is 30.7. The molecule has 11 heteroatoms. The summed E-state index contributed by atoms with van der Waals surface area (Å²) >= 11 is 0. The summed E-state index contributed by atoms with van der Waals surface area (Å²) in [7, 11) is 0. The second-order valence-corrected chi connectivity index (χ2v) is 10.0. The number of ether oxygens (including phenoxy) is 2. The standard InChI is InChI=1S/C24H43N5O6/c1-18(35-13-10-23(3,4)19(2)31)7-8-21(32)26-15-22(33)25-11-14-34-17-20-16-29(28-27-20)24(5,6)9-12-30/h16,18,30H,7-15,17H2,1-6H3,(H,25,33)(H,26,32). The lowest BCUT2D eigenvalue weighted by Crippen LogP contribution is -2.38. The molecule has 0 aliphatic rings. The van der Waals surface area contributed by atoms with Gasteiger partial charge in [-0.1, -0.05) is 19.1 Å². The molecule has 0 aromatic carbocycles. The average Bonchev–Trinajstić information content (AvgIpc) is 3.26. The van der Waals surface area contributed by atoms with Gasteiger partial charge in [0.15, 0.2) is 0 Å². The van der Waals surface area contributed by atoms with Crippen LogP contribution in [0.3, 0.4) is 0 Å². The van der Waals surface area contributed by atoms with Gasteiger partial charge >= 0.3 is 0 Å². The zero-order chi connectivity index (χ0) is 26.5. The van der Waals surface area contributed by atoms with E-state index in [0.29, 0.717) is 44.7 Å². The van der Waals surface area contributed by atoms with E-state index in [4.69, 9.17) is 14.6 Å². The predicted octanol–water partition coefficient (Wildman–Crippen LogP) is 1.34. The van der Waals surface area contributed by atoms with Crippen molar-refractivity contribution in [2.75, 3.05) is 32.9 Å². The zero-order valence-electron chi connectivity index (χ0n) is 22.1. The van der Waals surface area contributed by atoms with Crippen molar-refractivity contribution in [3.8, 4) is 0 Å². The highest BCUT2D eigenvalue weighted by Gasteiger charge is 2.23. The third-order valence-electron chi connectivity index (χ3n) is 6.01. The van der Waals surface area contributed by atoms with Crippen molar-refractivity contribution in [2.45, 2.75) is 85.5 Å². The molecule has 0 aliphatic heterocycles. The largest absolute Gasteiger partial charge is 0.396 e. The van der Waals surface area contributed by atoms with Crippen LogP contribution < -0.4 is 10.6 Å². The first-order valence-corrected chi connectivity index (χ1v) is 12.1. The van der Waals surface area contributed by atoms with Crippen molar-refractivity contribution < 1.29 is 29.0 Å². The Balaban J connectivity index is 2.12. The summed E-state index contributed by atoms with van der Waals surface area (Å²) in [5.41, 5.74) is -0.0832. The quantitative estimate of drug-likeness (QED) is 0.258. The maximum atomic E-state index is 12.0. The van der Waals surface area contributed by atoms with E-state index in [1.54, 1.807) is 17.8 Å². The monoisotopic (exact) mass is 497 g/mol. The normalized spacial score (nSPS) is 12.9.